The fraction of sp³-hybridized carbons (Fsp3) is 0.733. The van der Waals surface area contributed by atoms with Crippen LogP contribution in [0.4, 0.5) is 0 Å². The molecule has 1 aliphatic rings. The van der Waals surface area contributed by atoms with E-state index >= 15 is 0 Å². The second-order valence-electron chi connectivity index (χ2n) is 6.29. The van der Waals surface area contributed by atoms with Gasteiger partial charge in [-0.05, 0) is 40.0 Å². The molecule has 0 aliphatic heterocycles. The molecule has 0 bridgehead atoms. The molecule has 1 aromatic rings. The molecule has 0 unspecified atom stereocenters. The molecule has 1 aliphatic carbocycles. The number of nitrogens with zero attached hydrogens (tertiary/aromatic N) is 2. The van der Waals surface area contributed by atoms with Gasteiger partial charge in [0.1, 0.15) is 5.82 Å². The van der Waals surface area contributed by atoms with Gasteiger partial charge in [-0.1, -0.05) is 13.3 Å². The minimum Gasteiger partial charge on any atom is -0.308 e. The highest BCUT2D eigenvalue weighted by molar-refractivity contribution is 5.19. The normalized spacial score (nSPS) is 16.7. The summed E-state index contributed by atoms with van der Waals surface area (Å²) in [4.78, 5) is 9.32. The van der Waals surface area contributed by atoms with Crippen molar-refractivity contribution in [3.63, 3.8) is 0 Å². The maximum absolute atomic E-state index is 4.76. The molecule has 3 heteroatoms. The van der Waals surface area contributed by atoms with Crippen LogP contribution in [0.3, 0.4) is 0 Å². The third kappa shape index (κ3) is 3.29. The van der Waals surface area contributed by atoms with Crippen LogP contribution in [0.2, 0.25) is 0 Å². The summed E-state index contributed by atoms with van der Waals surface area (Å²) < 4.78 is 0. The van der Waals surface area contributed by atoms with Gasteiger partial charge in [-0.25, -0.2) is 9.97 Å². The number of hydrogen-bond acceptors (Lipinski definition) is 3. The maximum atomic E-state index is 4.76. The van der Waals surface area contributed by atoms with Gasteiger partial charge in [0.25, 0.3) is 0 Å². The lowest BCUT2D eigenvalue weighted by Gasteiger charge is -2.25. The lowest BCUT2D eigenvalue weighted by Crippen LogP contribution is -2.35. The number of aryl methyl sites for hydroxylation is 1. The van der Waals surface area contributed by atoms with Crippen LogP contribution in [0.1, 0.15) is 70.0 Å². The van der Waals surface area contributed by atoms with E-state index < -0.39 is 0 Å². The Bertz CT molecular complexity index is 403. The summed E-state index contributed by atoms with van der Waals surface area (Å²) in [6.07, 6.45) is 6.88. The molecule has 0 aromatic carbocycles. The first-order valence-corrected chi connectivity index (χ1v) is 7.09. The molecule has 1 N–H and O–H groups in total. The second kappa shape index (κ2) is 5.35. The Morgan fingerprint density at radius 1 is 1.33 bits per heavy atom. The van der Waals surface area contributed by atoms with Crippen LogP contribution in [0.25, 0.3) is 0 Å². The summed E-state index contributed by atoms with van der Waals surface area (Å²) in [6.45, 7) is 9.58. The lowest BCUT2D eigenvalue weighted by molar-refractivity contribution is 0.398. The highest BCUT2D eigenvalue weighted by atomic mass is 15.0. The van der Waals surface area contributed by atoms with Crippen molar-refractivity contribution < 1.29 is 0 Å². The molecule has 1 saturated carbocycles. The molecule has 0 spiro atoms. The van der Waals surface area contributed by atoms with E-state index in [-0.39, 0.29) is 5.54 Å². The molecule has 0 radical (unpaired) electrons. The van der Waals surface area contributed by atoms with Gasteiger partial charge in [0.05, 0.1) is 0 Å². The van der Waals surface area contributed by atoms with Crippen LogP contribution >= 0.6 is 0 Å². The van der Waals surface area contributed by atoms with E-state index in [0.717, 1.165) is 18.8 Å². The number of aromatic nitrogens is 2. The van der Waals surface area contributed by atoms with Crippen molar-refractivity contribution in [2.45, 2.75) is 71.4 Å². The third-order valence-corrected chi connectivity index (χ3v) is 3.59. The highest BCUT2D eigenvalue weighted by Gasteiger charge is 2.23. The van der Waals surface area contributed by atoms with Gasteiger partial charge in [-0.3, -0.25) is 0 Å². The van der Waals surface area contributed by atoms with E-state index in [0.29, 0.717) is 5.92 Å². The summed E-state index contributed by atoms with van der Waals surface area (Å²) in [5, 5.41) is 3.51. The summed E-state index contributed by atoms with van der Waals surface area (Å²) >= 11 is 0. The van der Waals surface area contributed by atoms with E-state index in [1.54, 1.807) is 0 Å². The van der Waals surface area contributed by atoms with Crippen molar-refractivity contribution in [3.8, 4) is 0 Å². The molecule has 1 aromatic heterocycles. The minimum absolute atomic E-state index is 0.137. The zero-order valence-electron chi connectivity index (χ0n) is 12.1. The maximum Gasteiger partial charge on any atom is 0.131 e. The van der Waals surface area contributed by atoms with E-state index in [1.165, 1.54) is 30.5 Å². The third-order valence-electron chi connectivity index (χ3n) is 3.59. The van der Waals surface area contributed by atoms with Crippen LogP contribution in [-0.4, -0.2) is 15.5 Å². The summed E-state index contributed by atoms with van der Waals surface area (Å²) in [6, 6.07) is 0. The van der Waals surface area contributed by atoms with Crippen molar-refractivity contribution in [1.29, 1.82) is 0 Å². The molecule has 1 heterocycles. The van der Waals surface area contributed by atoms with Gasteiger partial charge in [0, 0.05) is 35.5 Å². The van der Waals surface area contributed by atoms with Gasteiger partial charge in [-0.2, -0.15) is 0 Å². The fourth-order valence-corrected chi connectivity index (χ4v) is 2.13. The topological polar surface area (TPSA) is 37.8 Å². The van der Waals surface area contributed by atoms with Gasteiger partial charge in [-0.15, -0.1) is 0 Å². The monoisotopic (exact) mass is 247 g/mol. The number of nitrogens with one attached hydrogen (secondary N) is 1. The predicted molar refractivity (Wildman–Crippen MR) is 74.6 cm³/mol. The standard InChI is InChI=1S/C15H25N3/c1-5-13-12(10-17-15(2,3)4)9-16-14(18-13)11-7-6-8-11/h9,11,17H,5-8,10H2,1-4H3. The molecule has 1 fully saturated rings. The molecule has 2 rings (SSSR count). The second-order valence-corrected chi connectivity index (χ2v) is 6.29. The van der Waals surface area contributed by atoms with Crippen molar-refractivity contribution in [2.75, 3.05) is 0 Å². The van der Waals surface area contributed by atoms with Crippen LogP contribution in [0.5, 0.6) is 0 Å². The molecule has 0 atom stereocenters. The van der Waals surface area contributed by atoms with Crippen LogP contribution in [0.15, 0.2) is 6.20 Å². The summed E-state index contributed by atoms with van der Waals surface area (Å²) in [5.41, 5.74) is 2.59. The fourth-order valence-electron chi connectivity index (χ4n) is 2.13. The van der Waals surface area contributed by atoms with Gasteiger partial charge < -0.3 is 5.32 Å². The van der Waals surface area contributed by atoms with Crippen molar-refractivity contribution in [1.82, 2.24) is 15.3 Å². The molecular weight excluding hydrogens is 222 g/mol. The molecule has 100 valence electrons. The summed E-state index contributed by atoms with van der Waals surface area (Å²) in [7, 11) is 0. The largest absolute Gasteiger partial charge is 0.308 e. The van der Waals surface area contributed by atoms with Gasteiger partial charge >= 0.3 is 0 Å². The lowest BCUT2D eigenvalue weighted by atomic mass is 9.85. The van der Waals surface area contributed by atoms with Crippen LogP contribution < -0.4 is 5.32 Å². The van der Waals surface area contributed by atoms with Crippen molar-refractivity contribution in [2.24, 2.45) is 0 Å². The Morgan fingerprint density at radius 3 is 2.56 bits per heavy atom. The first-order chi connectivity index (χ1) is 8.49. The average molecular weight is 247 g/mol. The van der Waals surface area contributed by atoms with Crippen molar-refractivity contribution in [3.05, 3.63) is 23.3 Å². The molecule has 0 amide bonds. The SMILES string of the molecule is CCc1nc(C2CCC2)ncc1CNC(C)(C)C. The Morgan fingerprint density at radius 2 is 2.06 bits per heavy atom. The Labute approximate surface area is 110 Å². The van der Waals surface area contributed by atoms with Gasteiger partial charge in [0.2, 0.25) is 0 Å². The first kappa shape index (κ1) is 13.5. The zero-order valence-corrected chi connectivity index (χ0v) is 12.1. The molecule has 0 saturated heterocycles. The summed E-state index contributed by atoms with van der Waals surface area (Å²) in [5.74, 6) is 1.69. The van der Waals surface area contributed by atoms with E-state index in [9.17, 15) is 0 Å². The Balaban J connectivity index is 2.10. The van der Waals surface area contributed by atoms with E-state index in [4.69, 9.17) is 4.98 Å². The molecule has 3 nitrogen and oxygen atoms in total. The highest BCUT2D eigenvalue weighted by Crippen LogP contribution is 2.34. The first-order valence-electron chi connectivity index (χ1n) is 7.09. The van der Waals surface area contributed by atoms with Gasteiger partial charge in [0.15, 0.2) is 0 Å². The van der Waals surface area contributed by atoms with E-state index in [1.807, 2.05) is 6.20 Å². The smallest absolute Gasteiger partial charge is 0.131 e. The minimum atomic E-state index is 0.137. The van der Waals surface area contributed by atoms with Crippen LogP contribution in [0, 0.1) is 0 Å². The van der Waals surface area contributed by atoms with E-state index in [2.05, 4.69) is 38.0 Å². The quantitative estimate of drug-likeness (QED) is 0.888. The zero-order chi connectivity index (χ0) is 13.2. The molecule has 18 heavy (non-hydrogen) atoms. The Hall–Kier alpha value is -0.960. The number of rotatable bonds is 4. The predicted octanol–water partition coefficient (Wildman–Crippen LogP) is 3.19. The number of hydrogen-bond donors (Lipinski definition) is 1. The Kier molecular flexibility index (Phi) is 4.00. The van der Waals surface area contributed by atoms with Crippen LogP contribution in [-0.2, 0) is 13.0 Å². The van der Waals surface area contributed by atoms with Crippen molar-refractivity contribution >= 4 is 0 Å². The molecular formula is C15H25N3. The average Bonchev–Trinajstić information content (AvgIpc) is 2.23.